The zero-order valence-corrected chi connectivity index (χ0v) is 8.57. The van der Waals surface area contributed by atoms with E-state index in [1.165, 1.54) is 18.2 Å². The molecule has 5 heteroatoms. The van der Waals surface area contributed by atoms with E-state index in [2.05, 4.69) is 15.5 Å². The van der Waals surface area contributed by atoms with Crippen molar-refractivity contribution >= 4 is 0 Å². The van der Waals surface area contributed by atoms with Crippen LogP contribution in [0.15, 0.2) is 30.6 Å². The molecule has 0 unspecified atom stereocenters. The molecule has 3 N–H and O–H groups in total. The van der Waals surface area contributed by atoms with Gasteiger partial charge in [0.05, 0.1) is 6.20 Å². The van der Waals surface area contributed by atoms with Crippen LogP contribution in [0.3, 0.4) is 0 Å². The second kappa shape index (κ2) is 4.76. The van der Waals surface area contributed by atoms with E-state index < -0.39 is 0 Å². The summed E-state index contributed by atoms with van der Waals surface area (Å²) in [6, 6.07) is 3.90. The normalized spacial score (nSPS) is 10.6. The molecule has 0 aliphatic heterocycles. The first-order chi connectivity index (χ1) is 7.75. The van der Waals surface area contributed by atoms with Gasteiger partial charge in [-0.1, -0.05) is 0 Å². The molecule has 0 fully saturated rings. The van der Waals surface area contributed by atoms with Gasteiger partial charge in [0.2, 0.25) is 0 Å². The van der Waals surface area contributed by atoms with Crippen molar-refractivity contribution < 1.29 is 9.50 Å². The molecule has 84 valence electrons. The van der Waals surface area contributed by atoms with Gasteiger partial charge in [0, 0.05) is 30.4 Å². The van der Waals surface area contributed by atoms with Crippen molar-refractivity contribution in [1.82, 2.24) is 15.5 Å². The monoisotopic (exact) mass is 221 g/mol. The molecular weight excluding hydrogens is 209 g/mol. The molecule has 0 saturated carbocycles. The molecule has 1 aromatic heterocycles. The smallest absolute Gasteiger partial charge is 0.123 e. The van der Waals surface area contributed by atoms with Crippen LogP contribution in [0.4, 0.5) is 4.39 Å². The van der Waals surface area contributed by atoms with Crippen molar-refractivity contribution in [3.05, 3.63) is 47.5 Å². The molecule has 0 saturated heterocycles. The summed E-state index contributed by atoms with van der Waals surface area (Å²) in [5, 5.41) is 19.1. The van der Waals surface area contributed by atoms with E-state index in [9.17, 15) is 9.50 Å². The van der Waals surface area contributed by atoms with Crippen molar-refractivity contribution in [1.29, 1.82) is 0 Å². The maximum Gasteiger partial charge on any atom is 0.123 e. The third kappa shape index (κ3) is 2.58. The van der Waals surface area contributed by atoms with Crippen LogP contribution < -0.4 is 5.32 Å². The standard InChI is InChI=1S/C11H12FN3O/c12-10-1-2-11(16)9(3-10)7-13-4-8-5-14-15-6-8/h1-3,5-6,13,16H,4,7H2,(H,14,15). The predicted octanol–water partition coefficient (Wildman–Crippen LogP) is 1.54. The molecule has 0 bridgehead atoms. The SMILES string of the molecule is Oc1ccc(F)cc1CNCc1cn[nH]c1. The fraction of sp³-hybridized carbons (Fsp3) is 0.182. The van der Waals surface area contributed by atoms with Crippen LogP contribution in [0, 0.1) is 5.82 Å². The molecule has 1 aromatic carbocycles. The minimum Gasteiger partial charge on any atom is -0.508 e. The lowest BCUT2D eigenvalue weighted by Crippen LogP contribution is -2.12. The van der Waals surface area contributed by atoms with Gasteiger partial charge in [-0.15, -0.1) is 0 Å². The molecule has 0 aliphatic carbocycles. The molecule has 0 aliphatic rings. The minimum absolute atomic E-state index is 0.0982. The van der Waals surface area contributed by atoms with Crippen LogP contribution in [0.25, 0.3) is 0 Å². The average Bonchev–Trinajstić information content (AvgIpc) is 2.76. The van der Waals surface area contributed by atoms with Gasteiger partial charge in [-0.2, -0.15) is 5.10 Å². The Morgan fingerprint density at radius 3 is 3.00 bits per heavy atom. The number of aromatic hydroxyl groups is 1. The highest BCUT2D eigenvalue weighted by molar-refractivity contribution is 5.32. The van der Waals surface area contributed by atoms with Crippen molar-refractivity contribution in [2.24, 2.45) is 0 Å². The zero-order valence-electron chi connectivity index (χ0n) is 8.57. The quantitative estimate of drug-likeness (QED) is 0.734. The van der Waals surface area contributed by atoms with E-state index in [-0.39, 0.29) is 11.6 Å². The van der Waals surface area contributed by atoms with Crippen LogP contribution in [-0.4, -0.2) is 15.3 Å². The molecular formula is C11H12FN3O. The first-order valence-electron chi connectivity index (χ1n) is 4.91. The number of halogens is 1. The number of hydrogen-bond acceptors (Lipinski definition) is 3. The Hall–Kier alpha value is -1.88. The minimum atomic E-state index is -0.349. The summed E-state index contributed by atoms with van der Waals surface area (Å²) in [7, 11) is 0. The number of rotatable bonds is 4. The van der Waals surface area contributed by atoms with E-state index in [0.29, 0.717) is 18.7 Å². The predicted molar refractivity (Wildman–Crippen MR) is 57.2 cm³/mol. The largest absolute Gasteiger partial charge is 0.508 e. The van der Waals surface area contributed by atoms with E-state index in [4.69, 9.17) is 0 Å². The van der Waals surface area contributed by atoms with E-state index in [0.717, 1.165) is 5.56 Å². The summed E-state index contributed by atoms with van der Waals surface area (Å²) >= 11 is 0. The van der Waals surface area contributed by atoms with Gasteiger partial charge in [-0.3, -0.25) is 5.10 Å². The highest BCUT2D eigenvalue weighted by atomic mass is 19.1. The number of H-pyrrole nitrogens is 1. The topological polar surface area (TPSA) is 60.9 Å². The van der Waals surface area contributed by atoms with Gasteiger partial charge >= 0.3 is 0 Å². The van der Waals surface area contributed by atoms with Gasteiger partial charge < -0.3 is 10.4 Å². The van der Waals surface area contributed by atoms with Crippen LogP contribution in [0.1, 0.15) is 11.1 Å². The number of benzene rings is 1. The lowest BCUT2D eigenvalue weighted by Gasteiger charge is -2.05. The number of aromatic nitrogens is 2. The molecule has 0 atom stereocenters. The number of phenols is 1. The summed E-state index contributed by atoms with van der Waals surface area (Å²) in [4.78, 5) is 0. The van der Waals surface area contributed by atoms with Crippen molar-refractivity contribution in [2.45, 2.75) is 13.1 Å². The molecule has 0 radical (unpaired) electrons. The molecule has 0 amide bonds. The number of nitrogens with one attached hydrogen (secondary N) is 2. The summed E-state index contributed by atoms with van der Waals surface area (Å²) < 4.78 is 12.9. The van der Waals surface area contributed by atoms with Gasteiger partial charge in [0.1, 0.15) is 11.6 Å². The van der Waals surface area contributed by atoms with Gasteiger partial charge in [-0.05, 0) is 18.2 Å². The zero-order chi connectivity index (χ0) is 11.4. The number of phenolic OH excluding ortho intramolecular Hbond substituents is 1. The fourth-order valence-corrected chi connectivity index (χ4v) is 1.41. The van der Waals surface area contributed by atoms with Gasteiger partial charge in [0.25, 0.3) is 0 Å². The first-order valence-corrected chi connectivity index (χ1v) is 4.91. The lowest BCUT2D eigenvalue weighted by molar-refractivity contribution is 0.461. The van der Waals surface area contributed by atoms with Crippen molar-refractivity contribution in [3.63, 3.8) is 0 Å². The summed E-state index contributed by atoms with van der Waals surface area (Å²) in [6.07, 6.45) is 3.48. The lowest BCUT2D eigenvalue weighted by atomic mass is 10.2. The maximum absolute atomic E-state index is 12.9. The molecule has 16 heavy (non-hydrogen) atoms. The number of nitrogens with zero attached hydrogens (tertiary/aromatic N) is 1. The van der Waals surface area contributed by atoms with Crippen molar-refractivity contribution in [3.8, 4) is 5.75 Å². The fourth-order valence-electron chi connectivity index (χ4n) is 1.41. The highest BCUT2D eigenvalue weighted by Crippen LogP contribution is 2.17. The Kier molecular flexibility index (Phi) is 3.16. The Morgan fingerprint density at radius 1 is 1.38 bits per heavy atom. The third-order valence-electron chi connectivity index (χ3n) is 2.24. The van der Waals surface area contributed by atoms with E-state index in [1.807, 2.05) is 0 Å². The summed E-state index contributed by atoms with van der Waals surface area (Å²) in [5.74, 6) is -0.251. The maximum atomic E-state index is 12.9. The third-order valence-corrected chi connectivity index (χ3v) is 2.24. The van der Waals surface area contributed by atoms with Crippen LogP contribution in [-0.2, 0) is 13.1 Å². The van der Waals surface area contributed by atoms with E-state index >= 15 is 0 Å². The number of aromatic amines is 1. The molecule has 1 heterocycles. The molecule has 2 rings (SSSR count). The van der Waals surface area contributed by atoms with Crippen LogP contribution >= 0.6 is 0 Å². The second-order valence-electron chi connectivity index (χ2n) is 3.48. The summed E-state index contributed by atoms with van der Waals surface area (Å²) in [5.41, 5.74) is 1.55. The molecule has 2 aromatic rings. The molecule has 0 spiro atoms. The highest BCUT2D eigenvalue weighted by Gasteiger charge is 2.02. The van der Waals surface area contributed by atoms with Crippen LogP contribution in [0.5, 0.6) is 5.75 Å². The Labute approximate surface area is 92.1 Å². The molecule has 4 nitrogen and oxygen atoms in total. The Balaban J connectivity index is 1.92. The second-order valence-corrected chi connectivity index (χ2v) is 3.48. The number of hydrogen-bond donors (Lipinski definition) is 3. The summed E-state index contributed by atoms with van der Waals surface area (Å²) in [6.45, 7) is 1.03. The Morgan fingerprint density at radius 2 is 2.25 bits per heavy atom. The average molecular weight is 221 g/mol. The van der Waals surface area contributed by atoms with Gasteiger partial charge in [0.15, 0.2) is 0 Å². The van der Waals surface area contributed by atoms with Crippen molar-refractivity contribution in [2.75, 3.05) is 0 Å². The van der Waals surface area contributed by atoms with E-state index in [1.54, 1.807) is 12.4 Å². The van der Waals surface area contributed by atoms with Gasteiger partial charge in [-0.25, -0.2) is 4.39 Å². The first kappa shape index (κ1) is 10.6. The van der Waals surface area contributed by atoms with Crippen LogP contribution in [0.2, 0.25) is 0 Å². The Bertz CT molecular complexity index is 456.